The molecule has 2 rings (SSSR count). The molecular weight excluding hydrogens is 367 g/mol. The van der Waals surface area contributed by atoms with E-state index in [1.165, 1.54) is 0 Å². The van der Waals surface area contributed by atoms with Crippen LogP contribution in [0.25, 0.3) is 0 Å². The SMILES string of the molecule is NC(Cc1ccc(Br)cc1Cl)C1CCCCC1C(F)(F)F. The Kier molecular flexibility index (Phi) is 5.60. The smallest absolute Gasteiger partial charge is 0.327 e. The maximum atomic E-state index is 13.1. The van der Waals surface area contributed by atoms with E-state index in [0.29, 0.717) is 24.3 Å². The first kappa shape index (κ1) is 17.1. The molecule has 0 saturated heterocycles. The van der Waals surface area contributed by atoms with Crippen LogP contribution in [-0.2, 0) is 6.42 Å². The number of benzene rings is 1. The zero-order valence-corrected chi connectivity index (χ0v) is 13.8. The molecule has 0 spiro atoms. The van der Waals surface area contributed by atoms with E-state index in [2.05, 4.69) is 15.9 Å². The molecule has 118 valence electrons. The zero-order valence-electron chi connectivity index (χ0n) is 11.5. The van der Waals surface area contributed by atoms with Crippen LogP contribution in [0.15, 0.2) is 22.7 Å². The second-order valence-electron chi connectivity index (χ2n) is 5.70. The molecule has 0 aliphatic heterocycles. The van der Waals surface area contributed by atoms with Crippen molar-refractivity contribution in [2.75, 3.05) is 0 Å². The molecule has 0 radical (unpaired) electrons. The summed E-state index contributed by atoms with van der Waals surface area (Å²) in [6.45, 7) is 0. The van der Waals surface area contributed by atoms with Crippen LogP contribution in [0.3, 0.4) is 0 Å². The van der Waals surface area contributed by atoms with Crippen LogP contribution in [0.1, 0.15) is 31.2 Å². The molecule has 3 unspecified atom stereocenters. The minimum atomic E-state index is -4.16. The van der Waals surface area contributed by atoms with Crippen molar-refractivity contribution in [3.05, 3.63) is 33.3 Å². The van der Waals surface area contributed by atoms with Gasteiger partial charge in [0.05, 0.1) is 5.92 Å². The summed E-state index contributed by atoms with van der Waals surface area (Å²) in [5.41, 5.74) is 6.91. The second-order valence-corrected chi connectivity index (χ2v) is 7.02. The Balaban J connectivity index is 2.12. The highest BCUT2D eigenvalue weighted by atomic mass is 79.9. The fraction of sp³-hybridized carbons (Fsp3) is 0.600. The molecule has 2 N–H and O–H groups in total. The van der Waals surface area contributed by atoms with Gasteiger partial charge in [0.15, 0.2) is 0 Å². The van der Waals surface area contributed by atoms with E-state index in [4.69, 9.17) is 17.3 Å². The van der Waals surface area contributed by atoms with E-state index in [1.54, 1.807) is 6.07 Å². The molecule has 21 heavy (non-hydrogen) atoms. The summed E-state index contributed by atoms with van der Waals surface area (Å²) in [4.78, 5) is 0. The molecule has 0 bridgehead atoms. The van der Waals surface area contributed by atoms with Crippen molar-refractivity contribution in [3.8, 4) is 0 Å². The largest absolute Gasteiger partial charge is 0.392 e. The number of alkyl halides is 3. The van der Waals surface area contributed by atoms with E-state index in [-0.39, 0.29) is 6.42 Å². The van der Waals surface area contributed by atoms with Crippen molar-refractivity contribution in [2.24, 2.45) is 17.6 Å². The summed E-state index contributed by atoms with van der Waals surface area (Å²) >= 11 is 9.44. The number of rotatable bonds is 3. The fourth-order valence-corrected chi connectivity index (χ4v) is 3.92. The zero-order chi connectivity index (χ0) is 15.6. The number of hydrogen-bond donors (Lipinski definition) is 1. The fourth-order valence-electron chi connectivity index (χ4n) is 3.17. The highest BCUT2D eigenvalue weighted by Gasteiger charge is 2.47. The third-order valence-corrected chi connectivity index (χ3v) is 5.11. The molecule has 3 atom stereocenters. The van der Waals surface area contributed by atoms with Crippen molar-refractivity contribution >= 4 is 27.5 Å². The van der Waals surface area contributed by atoms with Gasteiger partial charge in [-0.25, -0.2) is 0 Å². The maximum absolute atomic E-state index is 13.1. The summed E-state index contributed by atoms with van der Waals surface area (Å²) in [5.74, 6) is -1.80. The van der Waals surface area contributed by atoms with Crippen LogP contribution in [0.5, 0.6) is 0 Å². The minimum absolute atomic E-state index is 0.190. The Morgan fingerprint density at radius 3 is 2.57 bits per heavy atom. The maximum Gasteiger partial charge on any atom is 0.392 e. The van der Waals surface area contributed by atoms with Crippen LogP contribution in [0, 0.1) is 11.8 Å². The monoisotopic (exact) mass is 383 g/mol. The number of hydrogen-bond acceptors (Lipinski definition) is 1. The normalized spacial score (nSPS) is 24.9. The van der Waals surface area contributed by atoms with Gasteiger partial charge in [-0.3, -0.25) is 0 Å². The van der Waals surface area contributed by atoms with E-state index in [9.17, 15) is 13.2 Å². The van der Waals surface area contributed by atoms with Crippen LogP contribution in [-0.4, -0.2) is 12.2 Å². The van der Waals surface area contributed by atoms with E-state index >= 15 is 0 Å². The predicted octanol–water partition coefficient (Wildman–Crippen LogP) is 5.34. The third kappa shape index (κ3) is 4.36. The second kappa shape index (κ2) is 6.88. The molecule has 1 fully saturated rings. The Bertz CT molecular complexity index is 492. The van der Waals surface area contributed by atoms with E-state index in [0.717, 1.165) is 16.5 Å². The first-order valence-corrected chi connectivity index (χ1v) is 8.22. The van der Waals surface area contributed by atoms with Gasteiger partial charge in [-0.05, 0) is 42.9 Å². The molecule has 6 heteroatoms. The molecule has 1 aromatic carbocycles. The lowest BCUT2D eigenvalue weighted by molar-refractivity contribution is -0.198. The molecule has 1 aromatic rings. The lowest BCUT2D eigenvalue weighted by Crippen LogP contribution is -2.44. The van der Waals surface area contributed by atoms with Gasteiger partial charge < -0.3 is 5.73 Å². The Hall–Kier alpha value is -0.260. The van der Waals surface area contributed by atoms with Crippen LogP contribution < -0.4 is 5.73 Å². The van der Waals surface area contributed by atoms with Gasteiger partial charge in [0, 0.05) is 15.5 Å². The van der Waals surface area contributed by atoms with Crippen molar-refractivity contribution in [1.82, 2.24) is 0 Å². The van der Waals surface area contributed by atoms with Crippen molar-refractivity contribution < 1.29 is 13.2 Å². The average Bonchev–Trinajstić information content (AvgIpc) is 2.41. The summed E-state index contributed by atoms with van der Waals surface area (Å²) in [5, 5.41) is 0.541. The number of nitrogens with two attached hydrogens (primary N) is 1. The van der Waals surface area contributed by atoms with Crippen LogP contribution in [0.4, 0.5) is 13.2 Å². The summed E-state index contributed by atoms with van der Waals surface area (Å²) in [6.07, 6.45) is -1.60. The molecule has 0 heterocycles. The van der Waals surface area contributed by atoms with Gasteiger partial charge in [-0.1, -0.05) is 46.4 Å². The van der Waals surface area contributed by atoms with Crippen LogP contribution >= 0.6 is 27.5 Å². The average molecular weight is 385 g/mol. The lowest BCUT2D eigenvalue weighted by Gasteiger charge is -2.36. The van der Waals surface area contributed by atoms with Gasteiger partial charge >= 0.3 is 6.18 Å². The molecule has 1 saturated carbocycles. The molecule has 1 aliphatic rings. The van der Waals surface area contributed by atoms with Gasteiger partial charge in [0.2, 0.25) is 0 Å². The summed E-state index contributed by atoms with van der Waals surface area (Å²) < 4.78 is 40.2. The first-order valence-electron chi connectivity index (χ1n) is 7.05. The summed E-state index contributed by atoms with van der Waals surface area (Å²) in [6, 6.07) is 4.87. The Morgan fingerprint density at radius 2 is 1.95 bits per heavy atom. The third-order valence-electron chi connectivity index (χ3n) is 4.26. The van der Waals surface area contributed by atoms with Crippen molar-refractivity contribution in [1.29, 1.82) is 0 Å². The lowest BCUT2D eigenvalue weighted by atomic mass is 9.73. The highest BCUT2D eigenvalue weighted by Crippen LogP contribution is 2.43. The predicted molar refractivity (Wildman–Crippen MR) is 82.3 cm³/mol. The molecular formula is C15H18BrClF3N. The minimum Gasteiger partial charge on any atom is -0.327 e. The van der Waals surface area contributed by atoms with Crippen LogP contribution in [0.2, 0.25) is 5.02 Å². The van der Waals surface area contributed by atoms with Gasteiger partial charge in [-0.15, -0.1) is 0 Å². The van der Waals surface area contributed by atoms with Gasteiger partial charge in [0.25, 0.3) is 0 Å². The Labute approximate surface area is 136 Å². The highest BCUT2D eigenvalue weighted by molar-refractivity contribution is 9.10. The topological polar surface area (TPSA) is 26.0 Å². The summed E-state index contributed by atoms with van der Waals surface area (Å²) in [7, 11) is 0. The van der Waals surface area contributed by atoms with E-state index < -0.39 is 24.1 Å². The van der Waals surface area contributed by atoms with E-state index in [1.807, 2.05) is 12.1 Å². The number of halogens is 5. The van der Waals surface area contributed by atoms with Gasteiger partial charge in [0.1, 0.15) is 0 Å². The molecule has 1 aliphatic carbocycles. The standard InChI is InChI=1S/C15H18BrClF3N/c16-10-6-5-9(13(17)8-10)7-14(21)11-3-1-2-4-12(11)15(18,19)20/h5-6,8,11-12,14H,1-4,7,21H2. The first-order chi connectivity index (χ1) is 9.79. The quantitative estimate of drug-likeness (QED) is 0.748. The molecule has 0 amide bonds. The Morgan fingerprint density at radius 1 is 1.29 bits per heavy atom. The van der Waals surface area contributed by atoms with Gasteiger partial charge in [-0.2, -0.15) is 13.2 Å². The molecule has 0 aromatic heterocycles. The molecule has 1 nitrogen and oxygen atoms in total. The van der Waals surface area contributed by atoms with Crippen molar-refractivity contribution in [2.45, 2.75) is 44.3 Å². The van der Waals surface area contributed by atoms with Crippen molar-refractivity contribution in [3.63, 3.8) is 0 Å².